The van der Waals surface area contributed by atoms with E-state index >= 15 is 0 Å². The molecule has 5 nitrogen and oxygen atoms in total. The molecule has 2 rings (SSSR count). The summed E-state index contributed by atoms with van der Waals surface area (Å²) in [5.41, 5.74) is 0. The average Bonchev–Trinajstić information content (AvgIpc) is 2.56. The summed E-state index contributed by atoms with van der Waals surface area (Å²) in [4.78, 5) is 13.2. The van der Waals surface area contributed by atoms with Crippen LogP contribution in [0.2, 0.25) is 5.02 Å². The van der Waals surface area contributed by atoms with E-state index in [1.807, 2.05) is 0 Å². The predicted molar refractivity (Wildman–Crippen MR) is 88.9 cm³/mol. The van der Waals surface area contributed by atoms with E-state index in [1.165, 1.54) is 4.90 Å². The van der Waals surface area contributed by atoms with Crippen molar-refractivity contribution in [1.82, 2.24) is 15.5 Å². The number of hydrogen-bond donors (Lipinski definition) is 2. The first kappa shape index (κ1) is 19.8. The number of rotatable bonds is 7. The molecule has 1 heterocycles. The highest BCUT2D eigenvalue weighted by molar-refractivity contribution is 6.32. The number of carbonyl (C=O) groups excluding carboxylic acids is 1. The lowest BCUT2D eigenvalue weighted by Crippen LogP contribution is -2.57. The Labute approximate surface area is 149 Å². The van der Waals surface area contributed by atoms with E-state index < -0.39 is 24.7 Å². The lowest BCUT2D eigenvalue weighted by Gasteiger charge is -2.35. The molecular weight excluding hydrogens is 359 g/mol. The Morgan fingerprint density at radius 2 is 2.00 bits per heavy atom. The van der Waals surface area contributed by atoms with Crippen LogP contribution in [0, 0.1) is 0 Å². The zero-order chi connectivity index (χ0) is 18.3. The normalized spacial score (nSPS) is 17.1. The second kappa shape index (κ2) is 9.26. The third-order valence-electron chi connectivity index (χ3n) is 3.89. The smallest absolute Gasteiger partial charge is 0.405 e. The molecule has 0 aliphatic carbocycles. The van der Waals surface area contributed by atoms with E-state index in [0.717, 1.165) is 0 Å². The van der Waals surface area contributed by atoms with Gasteiger partial charge in [-0.25, -0.2) is 0 Å². The van der Waals surface area contributed by atoms with E-state index in [2.05, 4.69) is 10.6 Å². The van der Waals surface area contributed by atoms with Crippen LogP contribution in [-0.4, -0.2) is 62.4 Å². The van der Waals surface area contributed by atoms with Gasteiger partial charge in [-0.1, -0.05) is 23.7 Å². The number of nitrogens with one attached hydrogen (secondary N) is 2. The van der Waals surface area contributed by atoms with E-state index in [1.54, 1.807) is 24.3 Å². The maximum absolute atomic E-state index is 13.2. The molecule has 1 aliphatic heterocycles. The van der Waals surface area contributed by atoms with Crippen LogP contribution < -0.4 is 15.4 Å². The van der Waals surface area contributed by atoms with Gasteiger partial charge in [0, 0.05) is 32.7 Å². The molecule has 2 N–H and O–H groups in total. The number of benzene rings is 1. The highest BCUT2D eigenvalue weighted by Gasteiger charge is 2.43. The van der Waals surface area contributed by atoms with Crippen LogP contribution in [0.5, 0.6) is 5.75 Å². The molecule has 1 unspecified atom stereocenters. The summed E-state index contributed by atoms with van der Waals surface area (Å²) >= 11 is 5.92. The summed E-state index contributed by atoms with van der Waals surface area (Å²) in [5.74, 6) is -0.0533. The molecule has 0 bridgehead atoms. The van der Waals surface area contributed by atoms with Crippen molar-refractivity contribution in [3.8, 4) is 5.75 Å². The molecule has 1 fully saturated rings. The number of nitrogens with zero attached hydrogens (tertiary/aromatic N) is 1. The molecule has 1 aliphatic rings. The van der Waals surface area contributed by atoms with Crippen molar-refractivity contribution in [3.63, 3.8) is 0 Å². The van der Waals surface area contributed by atoms with Crippen molar-refractivity contribution in [2.24, 2.45) is 0 Å². The van der Waals surface area contributed by atoms with E-state index in [0.29, 0.717) is 37.0 Å². The van der Waals surface area contributed by atoms with Crippen LogP contribution in [0.1, 0.15) is 6.42 Å². The highest BCUT2D eigenvalue weighted by Crippen LogP contribution is 2.25. The summed E-state index contributed by atoms with van der Waals surface area (Å²) in [6.07, 6.45) is -4.43. The molecule has 0 spiro atoms. The van der Waals surface area contributed by atoms with Crippen molar-refractivity contribution >= 4 is 17.5 Å². The van der Waals surface area contributed by atoms with Gasteiger partial charge in [0.05, 0.1) is 18.1 Å². The number of alkyl halides is 3. The molecule has 0 radical (unpaired) electrons. The third-order valence-corrected chi connectivity index (χ3v) is 4.20. The molecule has 25 heavy (non-hydrogen) atoms. The number of hydrogen-bond acceptors (Lipinski definition) is 4. The SMILES string of the molecule is O=C(CCOc1ccccc1Cl)NCC(N1CCNCC1)C(F)(F)F. The Morgan fingerprint density at radius 1 is 1.32 bits per heavy atom. The first-order valence-electron chi connectivity index (χ1n) is 8.03. The quantitative estimate of drug-likeness (QED) is 0.761. The minimum atomic E-state index is -4.39. The van der Waals surface area contributed by atoms with Crippen LogP contribution in [0.3, 0.4) is 0 Å². The van der Waals surface area contributed by atoms with Gasteiger partial charge in [0.25, 0.3) is 0 Å². The molecular formula is C16H21ClF3N3O2. The van der Waals surface area contributed by atoms with Crippen molar-refractivity contribution < 1.29 is 22.7 Å². The maximum atomic E-state index is 13.2. The lowest BCUT2D eigenvalue weighted by atomic mass is 10.2. The maximum Gasteiger partial charge on any atom is 0.405 e. The Morgan fingerprint density at radius 3 is 2.64 bits per heavy atom. The number of amides is 1. The van der Waals surface area contributed by atoms with Gasteiger partial charge >= 0.3 is 6.18 Å². The molecule has 1 amide bonds. The van der Waals surface area contributed by atoms with Gasteiger partial charge < -0.3 is 15.4 Å². The van der Waals surface area contributed by atoms with Gasteiger partial charge in [-0.05, 0) is 12.1 Å². The van der Waals surface area contributed by atoms with E-state index in [4.69, 9.17) is 16.3 Å². The minimum Gasteiger partial charge on any atom is -0.491 e. The van der Waals surface area contributed by atoms with Crippen LogP contribution >= 0.6 is 11.6 Å². The zero-order valence-electron chi connectivity index (χ0n) is 13.6. The van der Waals surface area contributed by atoms with Crippen LogP contribution in [0.25, 0.3) is 0 Å². The zero-order valence-corrected chi connectivity index (χ0v) is 14.4. The number of ether oxygens (including phenoxy) is 1. The number of carbonyl (C=O) groups is 1. The number of piperazine rings is 1. The van der Waals surface area contributed by atoms with E-state index in [-0.39, 0.29) is 13.0 Å². The summed E-state index contributed by atoms with van der Waals surface area (Å²) in [5, 5.41) is 5.78. The van der Waals surface area contributed by atoms with Crippen LogP contribution in [0.15, 0.2) is 24.3 Å². The summed E-state index contributed by atoms with van der Waals surface area (Å²) in [6, 6.07) is 5.11. The second-order valence-corrected chi connectivity index (χ2v) is 6.08. The topological polar surface area (TPSA) is 53.6 Å². The minimum absolute atomic E-state index is 0.0416. The molecule has 1 aromatic rings. The standard InChI is InChI=1S/C16H21ClF3N3O2/c17-12-3-1-2-4-13(12)25-10-5-15(24)22-11-14(16(18,19)20)23-8-6-21-7-9-23/h1-4,14,21H,5-11H2,(H,22,24). The van der Waals surface area contributed by atoms with Gasteiger partial charge in [-0.15, -0.1) is 0 Å². The molecule has 140 valence electrons. The molecule has 1 saturated heterocycles. The summed E-state index contributed by atoms with van der Waals surface area (Å²) < 4.78 is 45.0. The number of para-hydroxylation sites is 1. The van der Waals surface area contributed by atoms with Crippen molar-refractivity contribution in [2.75, 3.05) is 39.3 Å². The van der Waals surface area contributed by atoms with Crippen molar-refractivity contribution in [3.05, 3.63) is 29.3 Å². The van der Waals surface area contributed by atoms with Gasteiger partial charge in [0.15, 0.2) is 0 Å². The van der Waals surface area contributed by atoms with Crippen LogP contribution in [0.4, 0.5) is 13.2 Å². The Hall–Kier alpha value is -1.51. The van der Waals surface area contributed by atoms with Gasteiger partial charge in [0.1, 0.15) is 11.8 Å². The second-order valence-electron chi connectivity index (χ2n) is 5.68. The largest absolute Gasteiger partial charge is 0.491 e. The highest BCUT2D eigenvalue weighted by atomic mass is 35.5. The lowest BCUT2D eigenvalue weighted by molar-refractivity contribution is -0.184. The van der Waals surface area contributed by atoms with Crippen LogP contribution in [-0.2, 0) is 4.79 Å². The summed E-state index contributed by atoms with van der Waals surface area (Å²) in [7, 11) is 0. The Balaban J connectivity index is 1.77. The first-order valence-corrected chi connectivity index (χ1v) is 8.41. The van der Waals surface area contributed by atoms with E-state index in [9.17, 15) is 18.0 Å². The fraction of sp³-hybridized carbons (Fsp3) is 0.562. The summed E-state index contributed by atoms with van der Waals surface area (Å²) in [6.45, 7) is 1.19. The molecule has 1 aromatic carbocycles. The first-order chi connectivity index (χ1) is 11.9. The third kappa shape index (κ3) is 6.37. The van der Waals surface area contributed by atoms with Gasteiger partial charge in [-0.3, -0.25) is 9.69 Å². The predicted octanol–water partition coefficient (Wildman–Crippen LogP) is 2.06. The number of halogens is 4. The Kier molecular flexibility index (Phi) is 7.34. The van der Waals surface area contributed by atoms with Crippen molar-refractivity contribution in [2.45, 2.75) is 18.6 Å². The van der Waals surface area contributed by atoms with Crippen molar-refractivity contribution in [1.29, 1.82) is 0 Å². The molecule has 0 saturated carbocycles. The monoisotopic (exact) mass is 379 g/mol. The fourth-order valence-electron chi connectivity index (χ4n) is 2.56. The fourth-order valence-corrected chi connectivity index (χ4v) is 2.75. The molecule has 9 heteroatoms. The Bertz CT molecular complexity index is 566. The molecule has 0 aromatic heterocycles. The molecule has 1 atom stereocenters. The van der Waals surface area contributed by atoms with Gasteiger partial charge in [0.2, 0.25) is 5.91 Å². The average molecular weight is 380 g/mol. The van der Waals surface area contributed by atoms with Gasteiger partial charge in [-0.2, -0.15) is 13.2 Å².